The van der Waals surface area contributed by atoms with E-state index in [9.17, 15) is 5.11 Å². The zero-order valence-corrected chi connectivity index (χ0v) is 10.2. The third kappa shape index (κ3) is 2.45. The summed E-state index contributed by atoms with van der Waals surface area (Å²) in [5.74, 6) is 0. The molecule has 1 aliphatic rings. The molecule has 0 aromatic heterocycles. The number of rotatable bonds is 3. The highest BCUT2D eigenvalue weighted by Gasteiger charge is 2.39. The van der Waals surface area contributed by atoms with Crippen LogP contribution in [0.25, 0.3) is 0 Å². The van der Waals surface area contributed by atoms with Crippen molar-refractivity contribution in [2.24, 2.45) is 0 Å². The Hall–Kier alpha value is -0.860. The van der Waals surface area contributed by atoms with Crippen molar-refractivity contribution in [3.8, 4) is 0 Å². The van der Waals surface area contributed by atoms with E-state index < -0.39 is 5.60 Å². The van der Waals surface area contributed by atoms with Gasteiger partial charge in [-0.15, -0.1) is 0 Å². The fourth-order valence-electron chi connectivity index (χ4n) is 2.86. The van der Waals surface area contributed by atoms with Gasteiger partial charge < -0.3 is 10.4 Å². The first-order chi connectivity index (χ1) is 7.52. The Morgan fingerprint density at radius 1 is 1.31 bits per heavy atom. The summed E-state index contributed by atoms with van der Waals surface area (Å²) < 4.78 is 0. The summed E-state index contributed by atoms with van der Waals surface area (Å²) in [6.45, 7) is 5.82. The predicted molar refractivity (Wildman–Crippen MR) is 66.5 cm³/mol. The third-order valence-electron chi connectivity index (χ3n) is 3.40. The molecule has 88 valence electrons. The van der Waals surface area contributed by atoms with Crippen LogP contribution in [0.4, 0.5) is 0 Å². The third-order valence-corrected chi connectivity index (χ3v) is 3.40. The highest BCUT2D eigenvalue weighted by molar-refractivity contribution is 5.28. The number of hydrogen-bond donors (Lipinski definition) is 2. The van der Waals surface area contributed by atoms with Crippen molar-refractivity contribution in [3.63, 3.8) is 0 Å². The van der Waals surface area contributed by atoms with E-state index in [0.29, 0.717) is 0 Å². The molecule has 1 aromatic carbocycles. The maximum atomic E-state index is 10.1. The summed E-state index contributed by atoms with van der Waals surface area (Å²) in [6, 6.07) is 10.6. The van der Waals surface area contributed by atoms with Crippen molar-refractivity contribution in [2.45, 2.75) is 37.7 Å². The molecular weight excluding hydrogens is 198 g/mol. The molecule has 2 N–H and O–H groups in total. The van der Waals surface area contributed by atoms with E-state index in [0.717, 1.165) is 25.9 Å². The van der Waals surface area contributed by atoms with E-state index in [1.165, 1.54) is 5.56 Å². The van der Waals surface area contributed by atoms with Crippen LogP contribution in [0.5, 0.6) is 0 Å². The maximum Gasteiger partial charge on any atom is 0.0600 e. The standard InChI is InChI=1S/C14H21NO/c1-13(2,16)10-14(8-9-15-11-14)12-6-4-3-5-7-12/h3-7,15-16H,8-11H2,1-2H3. The van der Waals surface area contributed by atoms with Gasteiger partial charge in [0.15, 0.2) is 0 Å². The first-order valence-corrected chi connectivity index (χ1v) is 6.01. The lowest BCUT2D eigenvalue weighted by Gasteiger charge is -2.34. The fourth-order valence-corrected chi connectivity index (χ4v) is 2.86. The van der Waals surface area contributed by atoms with Crippen molar-refractivity contribution in [1.29, 1.82) is 0 Å². The second-order valence-corrected chi connectivity index (χ2v) is 5.56. The zero-order valence-electron chi connectivity index (χ0n) is 10.2. The van der Waals surface area contributed by atoms with Crippen molar-refractivity contribution < 1.29 is 5.11 Å². The average Bonchev–Trinajstić information content (AvgIpc) is 2.66. The molecule has 2 rings (SSSR count). The lowest BCUT2D eigenvalue weighted by Crippen LogP contribution is -2.37. The molecule has 2 nitrogen and oxygen atoms in total. The number of hydrogen-bond acceptors (Lipinski definition) is 2. The SMILES string of the molecule is CC(C)(O)CC1(c2ccccc2)CCNC1. The number of nitrogens with one attached hydrogen (secondary N) is 1. The molecule has 0 bridgehead atoms. The minimum Gasteiger partial charge on any atom is -0.390 e. The Balaban J connectivity index is 2.29. The van der Waals surface area contributed by atoms with Crippen LogP contribution in [0.1, 0.15) is 32.3 Å². The fraction of sp³-hybridized carbons (Fsp3) is 0.571. The Labute approximate surface area is 97.7 Å². The molecule has 1 saturated heterocycles. The minimum absolute atomic E-state index is 0.111. The zero-order chi connectivity index (χ0) is 11.6. The predicted octanol–water partition coefficient (Wildman–Crippen LogP) is 2.08. The van der Waals surface area contributed by atoms with Crippen LogP contribution < -0.4 is 5.32 Å². The van der Waals surface area contributed by atoms with Crippen LogP contribution in [-0.2, 0) is 5.41 Å². The van der Waals surface area contributed by atoms with E-state index in [1.54, 1.807) is 0 Å². The Morgan fingerprint density at radius 2 is 2.00 bits per heavy atom. The van der Waals surface area contributed by atoms with Crippen molar-refractivity contribution in [3.05, 3.63) is 35.9 Å². The molecule has 1 aliphatic heterocycles. The summed E-state index contributed by atoms with van der Waals surface area (Å²) in [5, 5.41) is 13.5. The number of benzene rings is 1. The lowest BCUT2D eigenvalue weighted by molar-refractivity contribution is 0.0468. The minimum atomic E-state index is -0.609. The van der Waals surface area contributed by atoms with E-state index >= 15 is 0 Å². The summed E-state index contributed by atoms with van der Waals surface area (Å²) in [7, 11) is 0. The second-order valence-electron chi connectivity index (χ2n) is 5.56. The molecular formula is C14H21NO. The van der Waals surface area contributed by atoms with Gasteiger partial charge in [0.25, 0.3) is 0 Å². The second kappa shape index (κ2) is 4.19. The average molecular weight is 219 g/mol. The molecule has 0 aliphatic carbocycles. The maximum absolute atomic E-state index is 10.1. The number of aliphatic hydroxyl groups is 1. The molecule has 0 spiro atoms. The van der Waals surface area contributed by atoms with Crippen LogP contribution in [0.15, 0.2) is 30.3 Å². The normalized spacial score (nSPS) is 25.9. The smallest absolute Gasteiger partial charge is 0.0600 e. The molecule has 0 amide bonds. The van der Waals surface area contributed by atoms with Gasteiger partial charge in [0.05, 0.1) is 5.60 Å². The van der Waals surface area contributed by atoms with Gasteiger partial charge in [-0.3, -0.25) is 0 Å². The Bertz CT molecular complexity index is 334. The quantitative estimate of drug-likeness (QED) is 0.815. The molecule has 1 heterocycles. The van der Waals surface area contributed by atoms with Gasteiger partial charge in [-0.05, 0) is 38.8 Å². The molecule has 2 heteroatoms. The lowest BCUT2D eigenvalue weighted by atomic mass is 9.72. The monoisotopic (exact) mass is 219 g/mol. The van der Waals surface area contributed by atoms with Crippen LogP contribution in [0.2, 0.25) is 0 Å². The van der Waals surface area contributed by atoms with Crippen LogP contribution >= 0.6 is 0 Å². The highest BCUT2D eigenvalue weighted by atomic mass is 16.3. The molecule has 1 aromatic rings. The molecule has 1 unspecified atom stereocenters. The van der Waals surface area contributed by atoms with Gasteiger partial charge in [0.1, 0.15) is 0 Å². The van der Waals surface area contributed by atoms with E-state index in [-0.39, 0.29) is 5.41 Å². The molecule has 1 atom stereocenters. The van der Waals surface area contributed by atoms with Crippen molar-refractivity contribution in [2.75, 3.05) is 13.1 Å². The van der Waals surface area contributed by atoms with Gasteiger partial charge in [-0.1, -0.05) is 30.3 Å². The van der Waals surface area contributed by atoms with Gasteiger partial charge >= 0.3 is 0 Å². The van der Waals surface area contributed by atoms with Crippen molar-refractivity contribution in [1.82, 2.24) is 5.32 Å². The van der Waals surface area contributed by atoms with Crippen LogP contribution in [0, 0.1) is 0 Å². The summed E-state index contributed by atoms with van der Waals surface area (Å²) in [6.07, 6.45) is 1.93. The molecule has 0 radical (unpaired) electrons. The van der Waals surface area contributed by atoms with E-state index in [2.05, 4.69) is 29.6 Å². The van der Waals surface area contributed by atoms with Gasteiger partial charge in [0.2, 0.25) is 0 Å². The highest BCUT2D eigenvalue weighted by Crippen LogP contribution is 2.37. The van der Waals surface area contributed by atoms with Gasteiger partial charge in [-0.2, -0.15) is 0 Å². The van der Waals surface area contributed by atoms with Crippen molar-refractivity contribution >= 4 is 0 Å². The first-order valence-electron chi connectivity index (χ1n) is 6.01. The van der Waals surface area contributed by atoms with Gasteiger partial charge in [0, 0.05) is 12.0 Å². The van der Waals surface area contributed by atoms with Gasteiger partial charge in [-0.25, -0.2) is 0 Å². The van der Waals surface area contributed by atoms with Crippen LogP contribution in [-0.4, -0.2) is 23.8 Å². The topological polar surface area (TPSA) is 32.3 Å². The summed E-state index contributed by atoms with van der Waals surface area (Å²) >= 11 is 0. The molecule has 16 heavy (non-hydrogen) atoms. The Kier molecular flexibility index (Phi) is 3.04. The molecule has 1 fully saturated rings. The van der Waals surface area contributed by atoms with E-state index in [1.807, 2.05) is 19.9 Å². The van der Waals surface area contributed by atoms with Crippen LogP contribution in [0.3, 0.4) is 0 Å². The summed E-state index contributed by atoms with van der Waals surface area (Å²) in [5.41, 5.74) is 0.851. The first kappa shape index (κ1) is 11.6. The largest absolute Gasteiger partial charge is 0.390 e. The summed E-state index contributed by atoms with van der Waals surface area (Å²) in [4.78, 5) is 0. The Morgan fingerprint density at radius 3 is 2.50 bits per heavy atom. The molecule has 0 saturated carbocycles. The van der Waals surface area contributed by atoms with E-state index in [4.69, 9.17) is 0 Å².